The van der Waals surface area contributed by atoms with E-state index in [0.29, 0.717) is 36.5 Å². The van der Waals surface area contributed by atoms with E-state index < -0.39 is 10.0 Å². The highest BCUT2D eigenvalue weighted by atomic mass is 32.2. The number of hydrogen-bond acceptors (Lipinski definition) is 4. The van der Waals surface area contributed by atoms with Gasteiger partial charge in [-0.1, -0.05) is 12.1 Å². The lowest BCUT2D eigenvalue weighted by Gasteiger charge is -2.31. The van der Waals surface area contributed by atoms with Gasteiger partial charge in [-0.25, -0.2) is 8.42 Å². The molecule has 160 valence electrons. The first-order valence-electron chi connectivity index (χ1n) is 10.6. The number of amides is 1. The van der Waals surface area contributed by atoms with Crippen molar-refractivity contribution in [3.8, 4) is 5.75 Å². The Balaban J connectivity index is 1.40. The van der Waals surface area contributed by atoms with Gasteiger partial charge in [0.05, 0.1) is 10.6 Å². The molecule has 30 heavy (non-hydrogen) atoms. The Morgan fingerprint density at radius 2 is 1.73 bits per heavy atom. The Hall–Kier alpha value is -2.38. The smallest absolute Gasteiger partial charge is 0.243 e. The molecule has 1 aliphatic carbocycles. The minimum Gasteiger partial charge on any atom is -0.506 e. The van der Waals surface area contributed by atoms with Crippen LogP contribution in [-0.4, -0.2) is 36.8 Å². The normalized spacial score (nSPS) is 18.0. The van der Waals surface area contributed by atoms with Crippen LogP contribution in [0.15, 0.2) is 41.3 Å². The monoisotopic (exact) mass is 428 g/mol. The van der Waals surface area contributed by atoms with Gasteiger partial charge >= 0.3 is 0 Å². The van der Waals surface area contributed by atoms with Crippen LogP contribution in [0.3, 0.4) is 0 Å². The molecule has 0 saturated carbocycles. The molecule has 1 fully saturated rings. The summed E-state index contributed by atoms with van der Waals surface area (Å²) in [5.41, 5.74) is 3.70. The maximum Gasteiger partial charge on any atom is 0.243 e. The van der Waals surface area contributed by atoms with Crippen molar-refractivity contribution in [3.05, 3.63) is 53.1 Å². The number of nitrogens with zero attached hydrogens (tertiary/aromatic N) is 1. The van der Waals surface area contributed by atoms with E-state index in [9.17, 15) is 18.3 Å². The van der Waals surface area contributed by atoms with Crippen LogP contribution < -0.4 is 5.32 Å². The number of benzene rings is 2. The van der Waals surface area contributed by atoms with Crippen LogP contribution in [0.5, 0.6) is 5.75 Å². The molecular weight excluding hydrogens is 400 g/mol. The molecule has 0 atom stereocenters. The van der Waals surface area contributed by atoms with Crippen LogP contribution in [0.1, 0.15) is 42.4 Å². The summed E-state index contributed by atoms with van der Waals surface area (Å²) in [5, 5.41) is 12.8. The Bertz CT molecular complexity index is 1060. The molecule has 0 unspecified atom stereocenters. The minimum absolute atomic E-state index is 0.0378. The summed E-state index contributed by atoms with van der Waals surface area (Å²) in [6.07, 6.45) is 5.15. The zero-order valence-corrected chi connectivity index (χ0v) is 18.0. The average Bonchev–Trinajstić information content (AvgIpc) is 2.75. The van der Waals surface area contributed by atoms with Crippen molar-refractivity contribution in [1.29, 1.82) is 0 Å². The molecule has 1 heterocycles. The molecule has 1 saturated heterocycles. The van der Waals surface area contributed by atoms with Crippen molar-refractivity contribution < 1.29 is 18.3 Å². The first-order valence-corrected chi connectivity index (χ1v) is 12.0. The first kappa shape index (κ1) is 20.9. The summed E-state index contributed by atoms with van der Waals surface area (Å²) in [5.74, 6) is -0.420. The van der Waals surface area contributed by atoms with Crippen LogP contribution >= 0.6 is 0 Å². The molecule has 0 aromatic heterocycles. The van der Waals surface area contributed by atoms with Gasteiger partial charge < -0.3 is 10.4 Å². The van der Waals surface area contributed by atoms with Crippen molar-refractivity contribution in [2.45, 2.75) is 50.3 Å². The largest absolute Gasteiger partial charge is 0.506 e. The number of nitrogens with one attached hydrogen (secondary N) is 1. The number of aromatic hydroxyl groups is 1. The quantitative estimate of drug-likeness (QED) is 0.728. The summed E-state index contributed by atoms with van der Waals surface area (Å²) in [6.45, 7) is 2.50. The highest BCUT2D eigenvalue weighted by molar-refractivity contribution is 7.89. The highest BCUT2D eigenvalue weighted by Crippen LogP contribution is 2.30. The number of phenols is 1. The molecular formula is C23H28N2O4S. The molecule has 1 amide bonds. The lowest BCUT2D eigenvalue weighted by atomic mass is 9.92. The second kappa shape index (κ2) is 8.40. The van der Waals surface area contributed by atoms with E-state index in [-0.39, 0.29) is 17.6 Å². The van der Waals surface area contributed by atoms with E-state index >= 15 is 0 Å². The van der Waals surface area contributed by atoms with E-state index in [2.05, 4.69) is 5.32 Å². The summed E-state index contributed by atoms with van der Waals surface area (Å²) in [4.78, 5) is 13.0. The first-order chi connectivity index (χ1) is 14.3. The number of hydrogen-bond donors (Lipinski definition) is 2. The zero-order chi connectivity index (χ0) is 21.3. The van der Waals surface area contributed by atoms with Crippen molar-refractivity contribution in [2.75, 3.05) is 18.4 Å². The standard InChI is InChI=1S/C23H28N2O4S/c1-16-6-9-21(22(26)14-16)24-23(27)18-10-12-25(13-11-18)30(28,29)20-8-7-17-4-2-3-5-19(17)15-20/h6-9,14-15,18,26H,2-5,10-13H2,1H3,(H,24,27). The number of fused-ring (bicyclic) bond motifs is 1. The molecule has 0 radical (unpaired) electrons. The van der Waals surface area contributed by atoms with Crippen molar-refractivity contribution >= 4 is 21.6 Å². The van der Waals surface area contributed by atoms with Crippen LogP contribution in [0.4, 0.5) is 5.69 Å². The maximum absolute atomic E-state index is 13.1. The fourth-order valence-corrected chi connectivity index (χ4v) is 5.88. The number of carbonyl (C=O) groups is 1. The molecule has 4 rings (SSSR count). The lowest BCUT2D eigenvalue weighted by molar-refractivity contribution is -0.120. The number of aryl methyl sites for hydroxylation is 3. The van der Waals surface area contributed by atoms with Gasteiger partial charge in [0.2, 0.25) is 15.9 Å². The zero-order valence-electron chi connectivity index (χ0n) is 17.2. The van der Waals surface area contributed by atoms with Gasteiger partial charge in [-0.3, -0.25) is 4.79 Å². The van der Waals surface area contributed by atoms with Crippen molar-refractivity contribution in [3.63, 3.8) is 0 Å². The topological polar surface area (TPSA) is 86.7 Å². The molecule has 6 nitrogen and oxygen atoms in total. The number of piperidine rings is 1. The number of carbonyl (C=O) groups excluding carboxylic acids is 1. The fraction of sp³-hybridized carbons (Fsp3) is 0.435. The van der Waals surface area contributed by atoms with Crippen LogP contribution in [0.2, 0.25) is 0 Å². The number of anilines is 1. The second-order valence-corrected chi connectivity index (χ2v) is 10.3. The van der Waals surface area contributed by atoms with Crippen molar-refractivity contribution in [2.24, 2.45) is 5.92 Å². The predicted molar refractivity (Wildman–Crippen MR) is 116 cm³/mol. The maximum atomic E-state index is 13.1. The molecule has 2 aromatic rings. The van der Waals surface area contributed by atoms with Gasteiger partial charge in [-0.05, 0) is 86.4 Å². The average molecular weight is 429 g/mol. The van der Waals surface area contributed by atoms with E-state index in [0.717, 1.165) is 36.8 Å². The third kappa shape index (κ3) is 4.23. The fourth-order valence-electron chi connectivity index (χ4n) is 4.36. The van der Waals surface area contributed by atoms with Gasteiger partial charge in [-0.15, -0.1) is 0 Å². The highest BCUT2D eigenvalue weighted by Gasteiger charge is 2.32. The van der Waals surface area contributed by atoms with E-state index in [1.165, 1.54) is 9.87 Å². The summed E-state index contributed by atoms with van der Waals surface area (Å²) in [6, 6.07) is 10.6. The molecule has 7 heteroatoms. The summed E-state index contributed by atoms with van der Waals surface area (Å²) >= 11 is 0. The van der Waals surface area contributed by atoms with Gasteiger partial charge in [0.25, 0.3) is 0 Å². The third-order valence-electron chi connectivity index (χ3n) is 6.19. The van der Waals surface area contributed by atoms with Crippen LogP contribution in [0.25, 0.3) is 0 Å². The molecule has 2 aliphatic rings. The third-order valence-corrected chi connectivity index (χ3v) is 8.09. The van der Waals surface area contributed by atoms with Crippen LogP contribution in [0, 0.1) is 12.8 Å². The van der Waals surface area contributed by atoms with Crippen LogP contribution in [-0.2, 0) is 27.7 Å². The van der Waals surface area contributed by atoms with E-state index in [1.807, 2.05) is 25.1 Å². The molecule has 0 spiro atoms. The Morgan fingerprint density at radius 1 is 1.03 bits per heavy atom. The molecule has 2 N–H and O–H groups in total. The van der Waals surface area contributed by atoms with E-state index in [4.69, 9.17) is 0 Å². The number of phenolic OH excluding ortho intramolecular Hbond substituents is 1. The second-order valence-electron chi connectivity index (χ2n) is 8.33. The van der Waals surface area contributed by atoms with Gasteiger partial charge in [0.15, 0.2) is 0 Å². The summed E-state index contributed by atoms with van der Waals surface area (Å²) in [7, 11) is -3.55. The van der Waals surface area contributed by atoms with E-state index in [1.54, 1.807) is 18.2 Å². The molecule has 0 bridgehead atoms. The van der Waals surface area contributed by atoms with Gasteiger partial charge in [-0.2, -0.15) is 4.31 Å². The van der Waals surface area contributed by atoms with Gasteiger partial charge in [0.1, 0.15) is 5.75 Å². The Kier molecular flexibility index (Phi) is 5.84. The lowest BCUT2D eigenvalue weighted by Crippen LogP contribution is -2.41. The number of rotatable bonds is 4. The molecule has 2 aromatic carbocycles. The Morgan fingerprint density at radius 3 is 2.43 bits per heavy atom. The molecule has 1 aliphatic heterocycles. The van der Waals surface area contributed by atoms with Gasteiger partial charge in [0, 0.05) is 19.0 Å². The minimum atomic E-state index is -3.55. The Labute approximate surface area is 178 Å². The van der Waals surface area contributed by atoms with Crippen molar-refractivity contribution in [1.82, 2.24) is 4.31 Å². The number of sulfonamides is 1. The SMILES string of the molecule is Cc1ccc(NC(=O)C2CCN(S(=O)(=O)c3ccc4c(c3)CCCC4)CC2)c(O)c1. The predicted octanol–water partition coefficient (Wildman–Crippen LogP) is 3.62. The summed E-state index contributed by atoms with van der Waals surface area (Å²) < 4.78 is 27.7.